The van der Waals surface area contributed by atoms with Crippen LogP contribution in [0.25, 0.3) is 10.2 Å². The van der Waals surface area contributed by atoms with E-state index in [1.807, 2.05) is 11.3 Å². The first-order valence-corrected chi connectivity index (χ1v) is 10.9. The molecule has 146 valence electrons. The number of piperidine rings is 1. The van der Waals surface area contributed by atoms with Gasteiger partial charge in [0.15, 0.2) is 0 Å². The number of carbonyl (C=O) groups is 1. The minimum atomic E-state index is 0.000996. The lowest BCUT2D eigenvalue weighted by Crippen LogP contribution is -2.33. The highest BCUT2D eigenvalue weighted by Crippen LogP contribution is 2.39. The maximum atomic E-state index is 11.1. The van der Waals surface area contributed by atoms with Gasteiger partial charge in [0.25, 0.3) is 0 Å². The smallest absolute Gasteiger partial charge is 0.216 e. The molecule has 27 heavy (non-hydrogen) atoms. The van der Waals surface area contributed by atoms with Crippen LogP contribution in [-0.2, 0) is 24.2 Å². The van der Waals surface area contributed by atoms with Crippen LogP contribution in [0.15, 0.2) is 0 Å². The molecule has 6 nitrogen and oxygen atoms in total. The van der Waals surface area contributed by atoms with Crippen LogP contribution in [-0.4, -0.2) is 47.0 Å². The SMILES string of the molecule is CC(=O)NCCNc1nc(CN2CCC(C)CC2)nc2sc3c(c12)CCC3. The molecule has 0 saturated carbocycles. The third kappa shape index (κ3) is 4.24. The van der Waals surface area contributed by atoms with Crippen molar-refractivity contribution in [1.29, 1.82) is 0 Å². The molecule has 1 saturated heterocycles. The summed E-state index contributed by atoms with van der Waals surface area (Å²) in [4.78, 5) is 26.0. The van der Waals surface area contributed by atoms with Crippen molar-refractivity contribution in [2.45, 2.75) is 52.5 Å². The van der Waals surface area contributed by atoms with Crippen LogP contribution in [0, 0.1) is 5.92 Å². The Labute approximate surface area is 164 Å². The van der Waals surface area contributed by atoms with Gasteiger partial charge in [0.2, 0.25) is 5.91 Å². The lowest BCUT2D eigenvalue weighted by molar-refractivity contribution is -0.118. The molecule has 1 fully saturated rings. The number of hydrogen-bond donors (Lipinski definition) is 2. The lowest BCUT2D eigenvalue weighted by Gasteiger charge is -2.29. The summed E-state index contributed by atoms with van der Waals surface area (Å²) in [5.74, 6) is 2.70. The van der Waals surface area contributed by atoms with E-state index in [4.69, 9.17) is 9.97 Å². The first-order chi connectivity index (χ1) is 13.1. The van der Waals surface area contributed by atoms with Crippen molar-refractivity contribution in [2.75, 3.05) is 31.5 Å². The Morgan fingerprint density at radius 3 is 2.81 bits per heavy atom. The van der Waals surface area contributed by atoms with Crippen molar-refractivity contribution in [3.8, 4) is 0 Å². The minimum Gasteiger partial charge on any atom is -0.368 e. The van der Waals surface area contributed by atoms with E-state index in [9.17, 15) is 4.79 Å². The van der Waals surface area contributed by atoms with Crippen molar-refractivity contribution in [2.24, 2.45) is 5.92 Å². The normalized spacial score (nSPS) is 18.0. The molecule has 0 aromatic carbocycles. The quantitative estimate of drug-likeness (QED) is 0.746. The van der Waals surface area contributed by atoms with Crippen LogP contribution >= 0.6 is 11.3 Å². The first kappa shape index (κ1) is 18.6. The van der Waals surface area contributed by atoms with Gasteiger partial charge in [-0.3, -0.25) is 9.69 Å². The second-order valence-corrected chi connectivity index (χ2v) is 8.98. The van der Waals surface area contributed by atoms with Gasteiger partial charge in [-0.25, -0.2) is 9.97 Å². The molecule has 2 N–H and O–H groups in total. The number of rotatable bonds is 6. The predicted molar refractivity (Wildman–Crippen MR) is 110 cm³/mol. The molecule has 0 radical (unpaired) electrons. The molecular weight excluding hydrogens is 358 g/mol. The summed E-state index contributed by atoms with van der Waals surface area (Å²) in [5, 5.41) is 7.52. The molecule has 0 atom stereocenters. The number of likely N-dealkylation sites (tertiary alicyclic amines) is 1. The highest BCUT2D eigenvalue weighted by molar-refractivity contribution is 7.19. The van der Waals surface area contributed by atoms with E-state index in [1.54, 1.807) is 6.92 Å². The molecule has 1 aliphatic carbocycles. The Hall–Kier alpha value is -1.73. The van der Waals surface area contributed by atoms with Crippen molar-refractivity contribution in [3.63, 3.8) is 0 Å². The van der Waals surface area contributed by atoms with Gasteiger partial charge in [-0.2, -0.15) is 0 Å². The van der Waals surface area contributed by atoms with Crippen molar-refractivity contribution < 1.29 is 4.79 Å². The molecule has 0 spiro atoms. The predicted octanol–water partition coefficient (Wildman–Crippen LogP) is 2.96. The van der Waals surface area contributed by atoms with Gasteiger partial charge in [0.1, 0.15) is 16.5 Å². The van der Waals surface area contributed by atoms with E-state index < -0.39 is 0 Å². The van der Waals surface area contributed by atoms with E-state index in [0.717, 1.165) is 48.4 Å². The molecule has 2 aliphatic rings. The Balaban J connectivity index is 1.56. The summed E-state index contributed by atoms with van der Waals surface area (Å²) < 4.78 is 0. The molecule has 7 heteroatoms. The molecule has 0 bridgehead atoms. The summed E-state index contributed by atoms with van der Waals surface area (Å²) in [6, 6.07) is 0. The Morgan fingerprint density at radius 2 is 2.04 bits per heavy atom. The van der Waals surface area contributed by atoms with Crippen molar-refractivity contribution in [1.82, 2.24) is 20.2 Å². The van der Waals surface area contributed by atoms with E-state index in [0.29, 0.717) is 13.1 Å². The summed E-state index contributed by atoms with van der Waals surface area (Å²) in [5.41, 5.74) is 1.44. The number of aryl methyl sites for hydroxylation is 2. The number of hydrogen-bond acceptors (Lipinski definition) is 6. The average molecular weight is 388 g/mol. The fourth-order valence-electron chi connectivity index (χ4n) is 4.08. The van der Waals surface area contributed by atoms with Gasteiger partial charge in [0, 0.05) is 24.9 Å². The first-order valence-electron chi connectivity index (χ1n) is 10.1. The number of anilines is 1. The van der Waals surface area contributed by atoms with Gasteiger partial charge < -0.3 is 10.6 Å². The van der Waals surface area contributed by atoms with Gasteiger partial charge in [0.05, 0.1) is 11.9 Å². The molecule has 1 aliphatic heterocycles. The summed E-state index contributed by atoms with van der Waals surface area (Å²) in [6.07, 6.45) is 6.05. The molecular formula is C20H29N5OS. The lowest BCUT2D eigenvalue weighted by atomic mass is 9.99. The second-order valence-electron chi connectivity index (χ2n) is 7.89. The molecule has 0 unspecified atom stereocenters. The number of amides is 1. The second kappa shape index (κ2) is 8.10. The molecule has 4 rings (SSSR count). The van der Waals surface area contributed by atoms with Gasteiger partial charge in [-0.1, -0.05) is 6.92 Å². The molecule has 2 aromatic rings. The van der Waals surface area contributed by atoms with Crippen LogP contribution in [0.1, 0.15) is 49.4 Å². The number of nitrogens with zero attached hydrogens (tertiary/aromatic N) is 3. The standard InChI is InChI=1S/C20H29N5OS/c1-13-6-10-25(11-7-13)12-17-23-19(22-9-8-21-14(2)26)18-15-4-3-5-16(15)27-20(18)24-17/h13H,3-12H2,1-2H3,(H,21,26)(H,22,23,24). The fourth-order valence-corrected chi connectivity index (χ4v) is 5.36. The summed E-state index contributed by atoms with van der Waals surface area (Å²) in [6.45, 7) is 8.26. The molecule has 1 amide bonds. The Bertz CT molecular complexity index is 825. The highest BCUT2D eigenvalue weighted by Gasteiger charge is 2.23. The van der Waals surface area contributed by atoms with Crippen LogP contribution < -0.4 is 10.6 Å². The van der Waals surface area contributed by atoms with E-state index in [-0.39, 0.29) is 5.91 Å². The average Bonchev–Trinajstić information content (AvgIpc) is 3.21. The largest absolute Gasteiger partial charge is 0.368 e. The zero-order valence-electron chi connectivity index (χ0n) is 16.3. The number of carbonyl (C=O) groups excluding carboxylic acids is 1. The molecule has 3 heterocycles. The van der Waals surface area contributed by atoms with Crippen molar-refractivity contribution in [3.05, 3.63) is 16.3 Å². The van der Waals surface area contributed by atoms with Crippen LogP contribution in [0.2, 0.25) is 0 Å². The zero-order valence-corrected chi connectivity index (χ0v) is 17.1. The molecule has 2 aromatic heterocycles. The van der Waals surface area contributed by atoms with Crippen molar-refractivity contribution >= 4 is 33.3 Å². The summed E-state index contributed by atoms with van der Waals surface area (Å²) >= 11 is 1.84. The van der Waals surface area contributed by atoms with Crippen LogP contribution in [0.4, 0.5) is 5.82 Å². The number of nitrogens with one attached hydrogen (secondary N) is 2. The number of aromatic nitrogens is 2. The van der Waals surface area contributed by atoms with E-state index in [1.165, 1.54) is 41.5 Å². The third-order valence-electron chi connectivity index (χ3n) is 5.64. The zero-order chi connectivity index (χ0) is 18.8. The van der Waals surface area contributed by atoms with Crippen LogP contribution in [0.3, 0.4) is 0 Å². The van der Waals surface area contributed by atoms with Gasteiger partial charge >= 0.3 is 0 Å². The number of thiophene rings is 1. The topological polar surface area (TPSA) is 70.2 Å². The van der Waals surface area contributed by atoms with E-state index >= 15 is 0 Å². The van der Waals surface area contributed by atoms with Gasteiger partial charge in [-0.05, 0) is 56.7 Å². The van der Waals surface area contributed by atoms with E-state index in [2.05, 4.69) is 22.5 Å². The highest BCUT2D eigenvalue weighted by atomic mass is 32.1. The Morgan fingerprint density at radius 1 is 1.22 bits per heavy atom. The monoisotopic (exact) mass is 387 g/mol. The fraction of sp³-hybridized carbons (Fsp3) is 0.650. The minimum absolute atomic E-state index is 0.000996. The maximum absolute atomic E-state index is 11.1. The third-order valence-corrected chi connectivity index (χ3v) is 6.83. The Kier molecular flexibility index (Phi) is 5.59. The maximum Gasteiger partial charge on any atom is 0.216 e. The van der Waals surface area contributed by atoms with Crippen LogP contribution in [0.5, 0.6) is 0 Å². The summed E-state index contributed by atoms with van der Waals surface area (Å²) in [7, 11) is 0. The van der Waals surface area contributed by atoms with Gasteiger partial charge in [-0.15, -0.1) is 11.3 Å². The number of fused-ring (bicyclic) bond motifs is 3.